The van der Waals surface area contributed by atoms with Crippen molar-refractivity contribution in [3.8, 4) is 0 Å². The van der Waals surface area contributed by atoms with Gasteiger partial charge in [-0.05, 0) is 19.6 Å². The maximum absolute atomic E-state index is 11.8. The highest BCUT2D eigenvalue weighted by Gasteiger charge is 2.52. The van der Waals surface area contributed by atoms with Crippen LogP contribution in [0.15, 0.2) is 12.7 Å². The average molecular weight is 303 g/mol. The zero-order valence-electron chi connectivity index (χ0n) is 13.6. The van der Waals surface area contributed by atoms with Crippen LogP contribution in [0, 0.1) is 0 Å². The molecule has 3 nitrogen and oxygen atoms in total. The van der Waals surface area contributed by atoms with Crippen LogP contribution in [0.4, 0.5) is 0 Å². The van der Waals surface area contributed by atoms with Gasteiger partial charge in [0.05, 0.1) is 0 Å². The molecule has 0 spiro atoms. The Labute approximate surface area is 120 Å². The Morgan fingerprint density at radius 3 is 1.84 bits per heavy atom. The second-order valence-electron chi connectivity index (χ2n) is 6.18. The lowest BCUT2D eigenvalue weighted by atomic mass is 10.4. The Morgan fingerprint density at radius 2 is 1.58 bits per heavy atom. The quantitative estimate of drug-likeness (QED) is 0.485. The second-order valence-corrected chi connectivity index (χ2v) is 14.8. The molecular formula is C14H30O3Si2. The first-order valence-electron chi connectivity index (χ1n) is 7.18. The molecule has 0 radical (unpaired) electrons. The monoisotopic (exact) mass is 302 g/mol. The van der Waals surface area contributed by atoms with E-state index in [0.29, 0.717) is 0 Å². The van der Waals surface area contributed by atoms with E-state index in [0.717, 1.165) is 12.8 Å². The summed E-state index contributed by atoms with van der Waals surface area (Å²) in [7, 11) is -4.36. The number of carbonyl (C=O) groups excluding carboxylic acids is 1. The third-order valence-corrected chi connectivity index (χ3v) is 11.3. The Hall–Kier alpha value is -0.396. The molecule has 0 aromatic rings. The van der Waals surface area contributed by atoms with E-state index in [2.05, 4.69) is 53.9 Å². The normalized spacial score (nSPS) is 18.3. The molecule has 0 N–H and O–H groups in total. The van der Waals surface area contributed by atoms with Crippen LogP contribution in [0.3, 0.4) is 0 Å². The molecule has 0 saturated carbocycles. The zero-order chi connectivity index (χ0) is 15.3. The van der Waals surface area contributed by atoms with E-state index >= 15 is 0 Å². The molecular weight excluding hydrogens is 272 g/mol. The van der Waals surface area contributed by atoms with Crippen LogP contribution in [-0.2, 0) is 13.3 Å². The van der Waals surface area contributed by atoms with Crippen molar-refractivity contribution in [1.29, 1.82) is 0 Å². The first-order chi connectivity index (χ1) is 8.62. The summed E-state index contributed by atoms with van der Waals surface area (Å²) < 4.78 is 12.4. The van der Waals surface area contributed by atoms with Crippen LogP contribution in [0.2, 0.25) is 30.7 Å². The smallest absolute Gasteiger partial charge is 0.397 e. The van der Waals surface area contributed by atoms with Crippen LogP contribution in [0.25, 0.3) is 0 Å². The van der Waals surface area contributed by atoms with Gasteiger partial charge in [-0.15, -0.1) is 0 Å². The van der Waals surface area contributed by atoms with Crippen molar-refractivity contribution in [3.63, 3.8) is 0 Å². The summed E-state index contributed by atoms with van der Waals surface area (Å²) in [6, 6.07) is 0. The Bertz CT molecular complexity index is 300. The summed E-state index contributed by atoms with van der Waals surface area (Å²) in [6.07, 6.45) is 3.18. The topological polar surface area (TPSA) is 35.5 Å². The minimum atomic E-state index is -2.58. The fraction of sp³-hybridized carbons (Fsp3) is 0.786. The summed E-state index contributed by atoms with van der Waals surface area (Å²) in [6.45, 7) is 18.5. The van der Waals surface area contributed by atoms with Crippen LogP contribution in [0.5, 0.6) is 0 Å². The van der Waals surface area contributed by atoms with E-state index in [9.17, 15) is 4.79 Å². The lowest BCUT2D eigenvalue weighted by molar-refractivity contribution is -0.131. The molecule has 2 unspecified atom stereocenters. The highest BCUT2D eigenvalue weighted by Crippen LogP contribution is 2.40. The van der Waals surface area contributed by atoms with E-state index in [1.54, 1.807) is 0 Å². The maximum atomic E-state index is 11.8. The van der Waals surface area contributed by atoms with Crippen molar-refractivity contribution < 1.29 is 13.3 Å². The van der Waals surface area contributed by atoms with Gasteiger partial charge in [0.15, 0.2) is 8.32 Å². The molecule has 0 heterocycles. The molecule has 2 atom stereocenters. The van der Waals surface area contributed by atoms with Crippen molar-refractivity contribution in [3.05, 3.63) is 12.7 Å². The van der Waals surface area contributed by atoms with Gasteiger partial charge in [0.2, 0.25) is 0 Å². The van der Waals surface area contributed by atoms with Crippen molar-refractivity contribution in [2.45, 2.75) is 71.3 Å². The molecule has 0 aromatic heterocycles. The van der Waals surface area contributed by atoms with Gasteiger partial charge in [0.25, 0.3) is 0 Å². The second kappa shape index (κ2) is 7.40. The highest BCUT2D eigenvalue weighted by atomic mass is 28.4. The zero-order valence-corrected chi connectivity index (χ0v) is 15.6. The molecule has 0 rings (SSSR count). The molecule has 0 bridgehead atoms. The lowest BCUT2D eigenvalue weighted by Gasteiger charge is -2.42. The predicted molar refractivity (Wildman–Crippen MR) is 85.9 cm³/mol. The van der Waals surface area contributed by atoms with E-state index in [4.69, 9.17) is 8.54 Å². The minimum Gasteiger partial charge on any atom is -0.491 e. The van der Waals surface area contributed by atoms with E-state index in [1.165, 1.54) is 6.08 Å². The van der Waals surface area contributed by atoms with E-state index in [-0.39, 0.29) is 17.1 Å². The Morgan fingerprint density at radius 1 is 1.16 bits per heavy atom. The van der Waals surface area contributed by atoms with Crippen LogP contribution in [0.1, 0.15) is 40.5 Å². The summed E-state index contributed by atoms with van der Waals surface area (Å²) >= 11 is 0. The fourth-order valence-electron chi connectivity index (χ4n) is 2.16. The van der Waals surface area contributed by atoms with Crippen LogP contribution < -0.4 is 0 Å². The first kappa shape index (κ1) is 18.6. The summed E-state index contributed by atoms with van der Waals surface area (Å²) in [4.78, 5) is 11.8. The van der Waals surface area contributed by atoms with E-state index in [1.807, 2.05) is 0 Å². The van der Waals surface area contributed by atoms with Gasteiger partial charge in [-0.25, -0.2) is 4.79 Å². The van der Waals surface area contributed by atoms with Crippen LogP contribution >= 0.6 is 0 Å². The van der Waals surface area contributed by atoms with Gasteiger partial charge in [-0.3, -0.25) is 0 Å². The van der Waals surface area contributed by atoms with Crippen molar-refractivity contribution in [1.82, 2.24) is 0 Å². The number of carbonyl (C=O) groups is 1. The van der Waals surface area contributed by atoms with Gasteiger partial charge < -0.3 is 8.54 Å². The van der Waals surface area contributed by atoms with Crippen molar-refractivity contribution >= 4 is 22.8 Å². The van der Waals surface area contributed by atoms with Crippen molar-refractivity contribution in [2.24, 2.45) is 0 Å². The third kappa shape index (κ3) is 5.24. The SMILES string of the molecule is C=CC(=O)O[Si](O[Si](C)(C)C)(C(C)CC)C(C)CC. The van der Waals surface area contributed by atoms with E-state index < -0.39 is 16.9 Å². The molecule has 0 fully saturated rings. The molecule has 0 saturated heterocycles. The minimum absolute atomic E-state index is 0.290. The number of hydrogen-bond donors (Lipinski definition) is 0. The fourth-order valence-corrected chi connectivity index (χ4v) is 10.7. The van der Waals surface area contributed by atoms with Gasteiger partial charge in [0, 0.05) is 17.2 Å². The van der Waals surface area contributed by atoms with Gasteiger partial charge in [-0.2, -0.15) is 0 Å². The molecule has 19 heavy (non-hydrogen) atoms. The largest absolute Gasteiger partial charge is 0.491 e. The highest BCUT2D eigenvalue weighted by molar-refractivity contribution is 6.84. The van der Waals surface area contributed by atoms with Gasteiger partial charge in [-0.1, -0.05) is 47.1 Å². The molecule has 0 amide bonds. The molecule has 0 aliphatic rings. The first-order valence-corrected chi connectivity index (χ1v) is 12.6. The maximum Gasteiger partial charge on any atom is 0.397 e. The molecule has 112 valence electrons. The molecule has 0 aliphatic carbocycles. The standard InChI is InChI=1S/C14H30O3Si2/c1-9-12(4)19(13(5)10-2,16-14(15)11-3)17-18(6,7)8/h11-13H,3,9-10H2,1-2,4-8H3. The average Bonchev–Trinajstić information content (AvgIpc) is 2.33. The summed E-state index contributed by atoms with van der Waals surface area (Å²) in [5.41, 5.74) is 0.580. The summed E-state index contributed by atoms with van der Waals surface area (Å²) in [5.74, 6) is -0.342. The van der Waals surface area contributed by atoms with Gasteiger partial charge in [0.1, 0.15) is 0 Å². The summed E-state index contributed by atoms with van der Waals surface area (Å²) in [5, 5.41) is 0. The third-order valence-electron chi connectivity index (χ3n) is 3.49. The predicted octanol–water partition coefficient (Wildman–Crippen LogP) is 4.61. The Kier molecular flexibility index (Phi) is 7.25. The van der Waals surface area contributed by atoms with Crippen molar-refractivity contribution in [2.75, 3.05) is 0 Å². The molecule has 0 aliphatic heterocycles. The van der Waals surface area contributed by atoms with Gasteiger partial charge >= 0.3 is 14.5 Å². The Balaban J connectivity index is 5.56. The molecule has 0 aromatic carbocycles. The lowest BCUT2D eigenvalue weighted by Crippen LogP contribution is -2.56. The number of rotatable bonds is 8. The van der Waals surface area contributed by atoms with Crippen LogP contribution in [-0.4, -0.2) is 22.8 Å². The number of hydrogen-bond acceptors (Lipinski definition) is 3. The molecule has 5 heteroatoms.